The maximum Gasteiger partial charge on any atom is 0.239 e. The molecule has 0 aliphatic carbocycles. The van der Waals surface area contributed by atoms with Crippen molar-refractivity contribution >= 4 is 5.91 Å². The van der Waals surface area contributed by atoms with Gasteiger partial charge in [-0.3, -0.25) is 9.69 Å². The number of carbonyl (C=O) groups is 1. The van der Waals surface area contributed by atoms with E-state index in [9.17, 15) is 4.79 Å². The van der Waals surface area contributed by atoms with Gasteiger partial charge < -0.3 is 10.6 Å². The average Bonchev–Trinajstić information content (AvgIpc) is 2.42. The van der Waals surface area contributed by atoms with Crippen molar-refractivity contribution in [2.24, 2.45) is 11.7 Å². The zero-order valence-electron chi connectivity index (χ0n) is 12.9. The number of hydrogen-bond acceptors (Lipinski definition) is 3. The number of piperazine rings is 1. The summed E-state index contributed by atoms with van der Waals surface area (Å²) in [5.41, 5.74) is 5.93. The molecule has 112 valence electrons. The number of unbranched alkanes of at least 4 members (excludes halogenated alkanes) is 3. The molecule has 2 N–H and O–H groups in total. The van der Waals surface area contributed by atoms with Crippen molar-refractivity contribution in [2.75, 3.05) is 32.7 Å². The van der Waals surface area contributed by atoms with Gasteiger partial charge in [-0.05, 0) is 18.9 Å². The maximum absolute atomic E-state index is 12.1. The molecule has 0 unspecified atom stereocenters. The molecule has 1 heterocycles. The van der Waals surface area contributed by atoms with Crippen LogP contribution in [0.15, 0.2) is 0 Å². The van der Waals surface area contributed by atoms with Crippen molar-refractivity contribution in [1.29, 1.82) is 0 Å². The van der Waals surface area contributed by atoms with Crippen LogP contribution in [-0.4, -0.2) is 54.5 Å². The largest absolute Gasteiger partial charge is 0.339 e. The van der Waals surface area contributed by atoms with Crippen molar-refractivity contribution in [3.63, 3.8) is 0 Å². The Bertz CT molecular complexity index is 260. The van der Waals surface area contributed by atoms with Crippen LogP contribution in [0.25, 0.3) is 0 Å². The topological polar surface area (TPSA) is 49.6 Å². The number of carbonyl (C=O) groups excluding carboxylic acids is 1. The zero-order valence-corrected chi connectivity index (χ0v) is 12.9. The molecule has 1 fully saturated rings. The Hall–Kier alpha value is -0.610. The summed E-state index contributed by atoms with van der Waals surface area (Å²) in [7, 11) is 0. The van der Waals surface area contributed by atoms with E-state index in [-0.39, 0.29) is 17.9 Å². The lowest BCUT2D eigenvalue weighted by Gasteiger charge is -2.36. The van der Waals surface area contributed by atoms with Crippen LogP contribution < -0.4 is 5.73 Å². The second kappa shape index (κ2) is 8.54. The van der Waals surface area contributed by atoms with E-state index < -0.39 is 0 Å². The highest BCUT2D eigenvalue weighted by Gasteiger charge is 2.26. The molecule has 19 heavy (non-hydrogen) atoms. The summed E-state index contributed by atoms with van der Waals surface area (Å²) in [6.45, 7) is 11.1. The highest BCUT2D eigenvalue weighted by atomic mass is 16.2. The number of hydrogen-bond donors (Lipinski definition) is 1. The third kappa shape index (κ3) is 5.49. The van der Waals surface area contributed by atoms with Gasteiger partial charge in [-0.2, -0.15) is 0 Å². The first-order valence-electron chi connectivity index (χ1n) is 7.83. The molecule has 0 bridgehead atoms. The van der Waals surface area contributed by atoms with E-state index in [1.54, 1.807) is 0 Å². The van der Waals surface area contributed by atoms with E-state index in [2.05, 4.69) is 11.8 Å². The summed E-state index contributed by atoms with van der Waals surface area (Å²) in [4.78, 5) is 16.5. The van der Waals surface area contributed by atoms with Gasteiger partial charge in [0.15, 0.2) is 0 Å². The summed E-state index contributed by atoms with van der Waals surface area (Å²) in [5, 5.41) is 0. The van der Waals surface area contributed by atoms with Crippen LogP contribution in [0.5, 0.6) is 0 Å². The summed E-state index contributed by atoms with van der Waals surface area (Å²) in [6.07, 6.45) is 5.23. The monoisotopic (exact) mass is 269 g/mol. The van der Waals surface area contributed by atoms with Gasteiger partial charge >= 0.3 is 0 Å². The molecular formula is C15H31N3O. The summed E-state index contributed by atoms with van der Waals surface area (Å²) in [6, 6.07) is -0.337. The van der Waals surface area contributed by atoms with Crippen molar-refractivity contribution in [1.82, 2.24) is 9.80 Å². The van der Waals surface area contributed by atoms with Crippen LogP contribution in [0.4, 0.5) is 0 Å². The maximum atomic E-state index is 12.1. The zero-order chi connectivity index (χ0) is 14.3. The van der Waals surface area contributed by atoms with Crippen molar-refractivity contribution < 1.29 is 4.79 Å². The Morgan fingerprint density at radius 1 is 1.11 bits per heavy atom. The Balaban J connectivity index is 2.23. The van der Waals surface area contributed by atoms with E-state index in [0.717, 1.165) is 26.2 Å². The molecule has 1 rings (SSSR count). The highest BCUT2D eigenvalue weighted by molar-refractivity contribution is 5.82. The Labute approximate surface area is 118 Å². The lowest BCUT2D eigenvalue weighted by atomic mass is 10.0. The van der Waals surface area contributed by atoms with Gasteiger partial charge in [-0.25, -0.2) is 0 Å². The Kier molecular flexibility index (Phi) is 7.39. The van der Waals surface area contributed by atoms with Crippen LogP contribution in [0.2, 0.25) is 0 Å². The third-order valence-electron chi connectivity index (χ3n) is 4.02. The van der Waals surface area contributed by atoms with Crippen molar-refractivity contribution in [3.8, 4) is 0 Å². The normalized spacial score (nSPS) is 18.9. The van der Waals surface area contributed by atoms with Crippen molar-refractivity contribution in [3.05, 3.63) is 0 Å². The van der Waals surface area contributed by atoms with Gasteiger partial charge in [0.1, 0.15) is 0 Å². The lowest BCUT2D eigenvalue weighted by Crippen LogP contribution is -2.54. The lowest BCUT2D eigenvalue weighted by molar-refractivity contribution is -0.135. The van der Waals surface area contributed by atoms with E-state index in [1.165, 1.54) is 32.2 Å². The highest BCUT2D eigenvalue weighted by Crippen LogP contribution is 2.09. The molecule has 0 aromatic rings. The second-order valence-corrected chi connectivity index (χ2v) is 6.00. The quantitative estimate of drug-likeness (QED) is 0.716. The number of rotatable bonds is 7. The summed E-state index contributed by atoms with van der Waals surface area (Å²) >= 11 is 0. The fourth-order valence-corrected chi connectivity index (χ4v) is 2.45. The van der Waals surface area contributed by atoms with E-state index >= 15 is 0 Å². The Morgan fingerprint density at radius 3 is 2.26 bits per heavy atom. The van der Waals surface area contributed by atoms with Gasteiger partial charge in [0.05, 0.1) is 6.04 Å². The fraction of sp³-hybridized carbons (Fsp3) is 0.933. The molecule has 4 heteroatoms. The number of amides is 1. The molecule has 1 saturated heterocycles. The molecule has 0 saturated carbocycles. The molecule has 0 spiro atoms. The molecule has 1 atom stereocenters. The van der Waals surface area contributed by atoms with Gasteiger partial charge in [0.2, 0.25) is 5.91 Å². The predicted molar refractivity (Wildman–Crippen MR) is 80.0 cm³/mol. The van der Waals surface area contributed by atoms with Gasteiger partial charge in [0, 0.05) is 26.2 Å². The number of nitrogens with zero attached hydrogens (tertiary/aromatic N) is 2. The minimum absolute atomic E-state index is 0.126. The molecule has 1 aliphatic rings. The first-order chi connectivity index (χ1) is 9.06. The molecule has 0 aromatic carbocycles. The number of nitrogens with two attached hydrogens (primary N) is 1. The van der Waals surface area contributed by atoms with E-state index in [1.807, 2.05) is 18.7 Å². The van der Waals surface area contributed by atoms with Crippen LogP contribution in [0.3, 0.4) is 0 Å². The average molecular weight is 269 g/mol. The first kappa shape index (κ1) is 16.4. The van der Waals surface area contributed by atoms with Crippen LogP contribution in [0, 0.1) is 5.92 Å². The smallest absolute Gasteiger partial charge is 0.239 e. The van der Waals surface area contributed by atoms with Crippen LogP contribution in [-0.2, 0) is 4.79 Å². The van der Waals surface area contributed by atoms with Gasteiger partial charge in [0.25, 0.3) is 0 Å². The molecule has 4 nitrogen and oxygen atoms in total. The summed E-state index contributed by atoms with van der Waals surface area (Å²) < 4.78 is 0. The minimum atomic E-state index is -0.337. The van der Waals surface area contributed by atoms with E-state index in [4.69, 9.17) is 5.73 Å². The molecule has 0 aromatic heterocycles. The van der Waals surface area contributed by atoms with Crippen LogP contribution in [0.1, 0.15) is 46.5 Å². The molecular weight excluding hydrogens is 238 g/mol. The minimum Gasteiger partial charge on any atom is -0.339 e. The third-order valence-corrected chi connectivity index (χ3v) is 4.02. The molecule has 0 radical (unpaired) electrons. The standard InChI is InChI=1S/C15H31N3O/c1-4-5-6-7-8-17-9-11-18(12-10-17)15(19)14(16)13(2)3/h13-14H,4-12,16H2,1-3H3/t14-/m0/s1. The SMILES string of the molecule is CCCCCCN1CCN(C(=O)[C@@H](N)C(C)C)CC1. The molecule has 1 aliphatic heterocycles. The summed E-state index contributed by atoms with van der Waals surface area (Å²) in [5.74, 6) is 0.347. The second-order valence-electron chi connectivity index (χ2n) is 6.00. The van der Waals surface area contributed by atoms with Crippen molar-refractivity contribution in [2.45, 2.75) is 52.5 Å². The van der Waals surface area contributed by atoms with E-state index in [0.29, 0.717) is 0 Å². The van der Waals surface area contributed by atoms with Gasteiger partial charge in [-0.1, -0.05) is 40.0 Å². The first-order valence-corrected chi connectivity index (χ1v) is 7.83. The Morgan fingerprint density at radius 2 is 1.74 bits per heavy atom. The molecule has 1 amide bonds. The van der Waals surface area contributed by atoms with Crippen LogP contribution >= 0.6 is 0 Å². The predicted octanol–water partition coefficient (Wildman–Crippen LogP) is 1.69. The fourth-order valence-electron chi connectivity index (χ4n) is 2.45. The van der Waals surface area contributed by atoms with Gasteiger partial charge in [-0.15, -0.1) is 0 Å².